The van der Waals surface area contributed by atoms with Gasteiger partial charge in [-0.1, -0.05) is 13.0 Å². The molecule has 0 radical (unpaired) electrons. The van der Waals surface area contributed by atoms with Gasteiger partial charge < -0.3 is 15.4 Å². The predicted octanol–water partition coefficient (Wildman–Crippen LogP) is 2.99. The number of rotatable bonds is 6. The van der Waals surface area contributed by atoms with Crippen molar-refractivity contribution in [2.75, 3.05) is 32.8 Å². The summed E-state index contributed by atoms with van der Waals surface area (Å²) in [6.07, 6.45) is 2.36. The van der Waals surface area contributed by atoms with Crippen LogP contribution in [0.15, 0.2) is 18.2 Å². The fraction of sp³-hybridized carbons (Fsp3) is 0.667. The van der Waals surface area contributed by atoms with Crippen molar-refractivity contribution in [2.24, 2.45) is 17.6 Å². The van der Waals surface area contributed by atoms with E-state index in [2.05, 4.69) is 43.9 Å². The number of piperidine rings is 1. The van der Waals surface area contributed by atoms with Gasteiger partial charge in [-0.25, -0.2) is 0 Å². The average molecular weight is 290 g/mol. The third-order valence-electron chi connectivity index (χ3n) is 4.58. The summed E-state index contributed by atoms with van der Waals surface area (Å²) in [7, 11) is 0. The summed E-state index contributed by atoms with van der Waals surface area (Å²) >= 11 is 0. The molecule has 0 aliphatic carbocycles. The Morgan fingerprint density at radius 2 is 1.95 bits per heavy atom. The first-order valence-electron chi connectivity index (χ1n) is 8.22. The molecule has 118 valence electrons. The molecule has 0 spiro atoms. The fourth-order valence-electron chi connectivity index (χ4n) is 3.23. The van der Waals surface area contributed by atoms with Crippen LogP contribution in [0.3, 0.4) is 0 Å². The summed E-state index contributed by atoms with van der Waals surface area (Å²) in [5, 5.41) is 0. The van der Waals surface area contributed by atoms with Gasteiger partial charge in [0.2, 0.25) is 0 Å². The van der Waals surface area contributed by atoms with Crippen molar-refractivity contribution < 1.29 is 4.74 Å². The zero-order chi connectivity index (χ0) is 15.2. The van der Waals surface area contributed by atoms with E-state index in [0.29, 0.717) is 5.92 Å². The van der Waals surface area contributed by atoms with E-state index in [9.17, 15) is 0 Å². The highest BCUT2D eigenvalue weighted by Crippen LogP contribution is 2.22. The quantitative estimate of drug-likeness (QED) is 0.819. The molecule has 2 N–H and O–H groups in total. The summed E-state index contributed by atoms with van der Waals surface area (Å²) in [6, 6.07) is 6.40. The Bertz CT molecular complexity index is 427. The molecule has 2 atom stereocenters. The molecular formula is C18H30N2O. The standard InChI is InChI=1S/C18H30N2O/c1-14-9-15(2)11-18(10-14)21-8-4-6-20-7-5-16(3)17(12-19)13-20/h9-11,16-17H,4-8,12-13,19H2,1-3H3. The number of nitrogens with two attached hydrogens (primary N) is 1. The molecule has 1 fully saturated rings. The molecule has 2 rings (SSSR count). The number of nitrogens with zero attached hydrogens (tertiary/aromatic N) is 1. The Hall–Kier alpha value is -1.06. The van der Waals surface area contributed by atoms with Gasteiger partial charge in [0.05, 0.1) is 6.61 Å². The average Bonchev–Trinajstić information content (AvgIpc) is 2.44. The molecule has 0 amide bonds. The lowest BCUT2D eigenvalue weighted by Crippen LogP contribution is -2.43. The smallest absolute Gasteiger partial charge is 0.119 e. The van der Waals surface area contributed by atoms with Crippen LogP contribution in [-0.2, 0) is 0 Å². The van der Waals surface area contributed by atoms with E-state index in [4.69, 9.17) is 10.5 Å². The largest absolute Gasteiger partial charge is 0.494 e. The molecule has 1 saturated heterocycles. The van der Waals surface area contributed by atoms with Crippen LogP contribution < -0.4 is 10.5 Å². The predicted molar refractivity (Wildman–Crippen MR) is 88.8 cm³/mol. The Morgan fingerprint density at radius 3 is 2.62 bits per heavy atom. The van der Waals surface area contributed by atoms with Crippen molar-refractivity contribution in [3.63, 3.8) is 0 Å². The van der Waals surface area contributed by atoms with E-state index < -0.39 is 0 Å². The van der Waals surface area contributed by atoms with Crippen LogP contribution in [0, 0.1) is 25.7 Å². The van der Waals surface area contributed by atoms with E-state index in [1.807, 2.05) is 0 Å². The lowest BCUT2D eigenvalue weighted by Gasteiger charge is -2.36. The number of likely N-dealkylation sites (tertiary alicyclic amines) is 1. The van der Waals surface area contributed by atoms with Gasteiger partial charge >= 0.3 is 0 Å². The molecule has 1 aliphatic heterocycles. The van der Waals surface area contributed by atoms with E-state index in [0.717, 1.165) is 44.3 Å². The van der Waals surface area contributed by atoms with Crippen molar-refractivity contribution in [3.05, 3.63) is 29.3 Å². The Morgan fingerprint density at radius 1 is 1.24 bits per heavy atom. The molecule has 3 nitrogen and oxygen atoms in total. The molecule has 1 aliphatic rings. The number of ether oxygens (including phenoxy) is 1. The summed E-state index contributed by atoms with van der Waals surface area (Å²) in [4.78, 5) is 2.54. The molecule has 0 saturated carbocycles. The highest BCUT2D eigenvalue weighted by molar-refractivity contribution is 5.32. The van der Waals surface area contributed by atoms with Gasteiger partial charge in [0.15, 0.2) is 0 Å². The molecule has 1 aromatic carbocycles. The van der Waals surface area contributed by atoms with Crippen LogP contribution >= 0.6 is 0 Å². The monoisotopic (exact) mass is 290 g/mol. The second-order valence-electron chi connectivity index (χ2n) is 6.59. The summed E-state index contributed by atoms with van der Waals surface area (Å²) in [5.74, 6) is 2.44. The van der Waals surface area contributed by atoms with E-state index >= 15 is 0 Å². The van der Waals surface area contributed by atoms with Gasteiger partial charge in [-0.2, -0.15) is 0 Å². The third-order valence-corrected chi connectivity index (χ3v) is 4.58. The maximum absolute atomic E-state index is 5.88. The number of benzene rings is 1. The highest BCUT2D eigenvalue weighted by Gasteiger charge is 2.24. The number of hydrogen-bond acceptors (Lipinski definition) is 3. The number of hydrogen-bond donors (Lipinski definition) is 1. The van der Waals surface area contributed by atoms with Crippen molar-refractivity contribution in [1.29, 1.82) is 0 Å². The molecule has 3 heteroatoms. The summed E-state index contributed by atoms with van der Waals surface area (Å²) < 4.78 is 5.88. The van der Waals surface area contributed by atoms with Crippen LogP contribution in [0.5, 0.6) is 5.75 Å². The van der Waals surface area contributed by atoms with Gasteiger partial charge in [0, 0.05) is 13.1 Å². The molecule has 1 heterocycles. The first-order chi connectivity index (χ1) is 10.1. The van der Waals surface area contributed by atoms with Gasteiger partial charge in [-0.15, -0.1) is 0 Å². The first-order valence-corrected chi connectivity index (χ1v) is 8.22. The van der Waals surface area contributed by atoms with Crippen LogP contribution in [-0.4, -0.2) is 37.7 Å². The van der Waals surface area contributed by atoms with E-state index in [-0.39, 0.29) is 0 Å². The normalized spacial score (nSPS) is 23.2. The van der Waals surface area contributed by atoms with Crippen LogP contribution in [0.2, 0.25) is 0 Å². The van der Waals surface area contributed by atoms with Crippen molar-refractivity contribution >= 4 is 0 Å². The highest BCUT2D eigenvalue weighted by atomic mass is 16.5. The molecule has 0 aromatic heterocycles. The first kappa shape index (κ1) is 16.3. The summed E-state index contributed by atoms with van der Waals surface area (Å²) in [5.41, 5.74) is 8.39. The summed E-state index contributed by atoms with van der Waals surface area (Å²) in [6.45, 7) is 11.6. The minimum absolute atomic E-state index is 0.666. The lowest BCUT2D eigenvalue weighted by atomic mass is 9.87. The third kappa shape index (κ3) is 5.01. The Kier molecular flexibility index (Phi) is 6.07. The molecule has 2 unspecified atom stereocenters. The number of aryl methyl sites for hydroxylation is 2. The van der Waals surface area contributed by atoms with Crippen LogP contribution in [0.1, 0.15) is 30.9 Å². The zero-order valence-electron chi connectivity index (χ0n) is 13.8. The second kappa shape index (κ2) is 7.81. The Labute approximate surface area is 129 Å². The van der Waals surface area contributed by atoms with Crippen molar-refractivity contribution in [3.8, 4) is 5.75 Å². The molecule has 0 bridgehead atoms. The maximum Gasteiger partial charge on any atom is 0.119 e. The minimum Gasteiger partial charge on any atom is -0.494 e. The SMILES string of the molecule is Cc1cc(C)cc(OCCCN2CCC(C)C(CN)C2)c1. The molecular weight excluding hydrogens is 260 g/mol. The van der Waals surface area contributed by atoms with Gasteiger partial charge in [-0.3, -0.25) is 0 Å². The molecule has 21 heavy (non-hydrogen) atoms. The van der Waals surface area contributed by atoms with Crippen LogP contribution in [0.25, 0.3) is 0 Å². The minimum atomic E-state index is 0.666. The van der Waals surface area contributed by atoms with Crippen molar-refractivity contribution in [2.45, 2.75) is 33.6 Å². The molecule has 1 aromatic rings. The van der Waals surface area contributed by atoms with Gasteiger partial charge in [0.25, 0.3) is 0 Å². The maximum atomic E-state index is 5.88. The van der Waals surface area contributed by atoms with Gasteiger partial charge in [-0.05, 0) is 74.9 Å². The fourth-order valence-corrected chi connectivity index (χ4v) is 3.23. The van der Waals surface area contributed by atoms with E-state index in [1.54, 1.807) is 0 Å². The van der Waals surface area contributed by atoms with E-state index in [1.165, 1.54) is 24.1 Å². The second-order valence-corrected chi connectivity index (χ2v) is 6.59. The lowest BCUT2D eigenvalue weighted by molar-refractivity contribution is 0.125. The zero-order valence-corrected chi connectivity index (χ0v) is 13.8. The van der Waals surface area contributed by atoms with Gasteiger partial charge in [0.1, 0.15) is 5.75 Å². The van der Waals surface area contributed by atoms with Crippen LogP contribution in [0.4, 0.5) is 0 Å². The van der Waals surface area contributed by atoms with Crippen molar-refractivity contribution in [1.82, 2.24) is 4.90 Å². The topological polar surface area (TPSA) is 38.5 Å². The Balaban J connectivity index is 1.70.